The minimum atomic E-state index is -0.229. The Morgan fingerprint density at radius 2 is 2.22 bits per heavy atom. The van der Waals surface area contributed by atoms with E-state index in [1.54, 1.807) is 12.3 Å². The average Bonchev–Trinajstić information content (AvgIpc) is 3.15. The van der Waals surface area contributed by atoms with Crippen molar-refractivity contribution in [3.8, 4) is 5.75 Å². The van der Waals surface area contributed by atoms with Gasteiger partial charge in [-0.15, -0.1) is 0 Å². The molecule has 0 aliphatic rings. The molecule has 2 heterocycles. The lowest BCUT2D eigenvalue weighted by Crippen LogP contribution is -2.20. The zero-order valence-electron chi connectivity index (χ0n) is 13.2. The second kappa shape index (κ2) is 6.56. The summed E-state index contributed by atoms with van der Waals surface area (Å²) in [7, 11) is 0. The Morgan fingerprint density at radius 3 is 2.96 bits per heavy atom. The highest BCUT2D eigenvalue weighted by Crippen LogP contribution is 2.27. The molecule has 1 aromatic carbocycles. The molecule has 3 aromatic rings. The van der Waals surface area contributed by atoms with Crippen LogP contribution in [0.4, 0.5) is 5.82 Å². The smallest absolute Gasteiger partial charge is 0.263 e. The Morgan fingerprint density at radius 1 is 1.35 bits per heavy atom. The average molecular weight is 312 g/mol. The molecule has 120 valence electrons. The fourth-order valence-electron chi connectivity index (χ4n) is 2.53. The first-order valence-electron chi connectivity index (χ1n) is 7.63. The van der Waals surface area contributed by atoms with Crippen LogP contribution in [0.5, 0.6) is 5.75 Å². The molecule has 0 radical (unpaired) electrons. The quantitative estimate of drug-likeness (QED) is 0.735. The van der Waals surface area contributed by atoms with Gasteiger partial charge < -0.3 is 14.6 Å². The van der Waals surface area contributed by atoms with E-state index < -0.39 is 0 Å². The van der Waals surface area contributed by atoms with Crippen LogP contribution in [0.2, 0.25) is 0 Å². The number of aromatic nitrogens is 3. The highest BCUT2D eigenvalue weighted by Gasteiger charge is 2.10. The number of carbonyl (C=O) groups excluding carboxylic acids is 1. The van der Waals surface area contributed by atoms with E-state index in [9.17, 15) is 4.79 Å². The molecule has 2 aromatic heterocycles. The fraction of sp³-hybridized carbons (Fsp3) is 0.294. The van der Waals surface area contributed by atoms with E-state index in [0.717, 1.165) is 17.4 Å². The number of rotatable bonds is 6. The van der Waals surface area contributed by atoms with Crippen molar-refractivity contribution in [1.82, 2.24) is 14.8 Å². The second-order valence-electron chi connectivity index (χ2n) is 5.86. The molecule has 6 heteroatoms. The maximum absolute atomic E-state index is 11.9. The van der Waals surface area contributed by atoms with Gasteiger partial charge in [-0.25, -0.2) is 0 Å². The number of H-pyrrole nitrogens is 1. The van der Waals surface area contributed by atoms with E-state index in [1.165, 1.54) is 0 Å². The van der Waals surface area contributed by atoms with Crippen LogP contribution in [0, 0.1) is 5.92 Å². The summed E-state index contributed by atoms with van der Waals surface area (Å²) in [6.07, 6.45) is 3.64. The lowest BCUT2D eigenvalue weighted by molar-refractivity contribution is -0.118. The fourth-order valence-corrected chi connectivity index (χ4v) is 2.53. The highest BCUT2D eigenvalue weighted by atomic mass is 16.5. The van der Waals surface area contributed by atoms with Gasteiger partial charge in [0.15, 0.2) is 6.61 Å². The number of nitrogens with zero attached hydrogens (tertiary/aromatic N) is 2. The highest BCUT2D eigenvalue weighted by molar-refractivity contribution is 5.91. The van der Waals surface area contributed by atoms with Gasteiger partial charge in [-0.3, -0.25) is 9.89 Å². The van der Waals surface area contributed by atoms with Gasteiger partial charge in [0.1, 0.15) is 11.6 Å². The number of benzene rings is 1. The van der Waals surface area contributed by atoms with E-state index in [1.807, 2.05) is 18.2 Å². The molecule has 6 nitrogen and oxygen atoms in total. The lowest BCUT2D eigenvalue weighted by atomic mass is 10.2. The molecular weight excluding hydrogens is 292 g/mol. The van der Waals surface area contributed by atoms with Crippen LogP contribution in [0.1, 0.15) is 13.8 Å². The molecule has 0 atom stereocenters. The molecule has 0 saturated carbocycles. The van der Waals surface area contributed by atoms with E-state index in [0.29, 0.717) is 17.5 Å². The molecule has 2 N–H and O–H groups in total. The molecule has 1 amide bonds. The van der Waals surface area contributed by atoms with Crippen molar-refractivity contribution >= 4 is 22.6 Å². The van der Waals surface area contributed by atoms with E-state index in [-0.39, 0.29) is 12.5 Å². The van der Waals surface area contributed by atoms with Crippen LogP contribution < -0.4 is 10.1 Å². The van der Waals surface area contributed by atoms with Crippen molar-refractivity contribution in [3.05, 3.63) is 42.7 Å². The zero-order chi connectivity index (χ0) is 16.2. The van der Waals surface area contributed by atoms with Crippen molar-refractivity contribution in [1.29, 1.82) is 0 Å². The van der Waals surface area contributed by atoms with Crippen molar-refractivity contribution in [2.75, 3.05) is 11.9 Å². The number of carbonyl (C=O) groups is 1. The maximum atomic E-state index is 11.9. The number of anilines is 1. The largest absolute Gasteiger partial charge is 0.483 e. The number of ether oxygens (including phenoxy) is 1. The monoisotopic (exact) mass is 312 g/mol. The van der Waals surface area contributed by atoms with Crippen LogP contribution in [0.15, 0.2) is 42.7 Å². The molecule has 23 heavy (non-hydrogen) atoms. The third-order valence-corrected chi connectivity index (χ3v) is 3.47. The number of aromatic amines is 1. The molecule has 0 bridgehead atoms. The maximum Gasteiger partial charge on any atom is 0.263 e. The van der Waals surface area contributed by atoms with Crippen molar-refractivity contribution in [2.45, 2.75) is 20.4 Å². The summed E-state index contributed by atoms with van der Waals surface area (Å²) in [6.45, 7) is 5.28. The van der Waals surface area contributed by atoms with Crippen LogP contribution >= 0.6 is 0 Å². The standard InChI is InChI=1S/C17H20N4O2/c1-12(2)10-21-9-7-13-14(21)4-3-5-15(13)23-11-17(22)19-16-6-8-18-20-16/h3-9,12H,10-11H2,1-2H3,(H2,18,19,20,22). The molecule has 0 fully saturated rings. The van der Waals surface area contributed by atoms with Gasteiger partial charge in [-0.05, 0) is 24.1 Å². The van der Waals surface area contributed by atoms with Gasteiger partial charge in [0.25, 0.3) is 5.91 Å². The summed E-state index contributed by atoms with van der Waals surface area (Å²) in [5.41, 5.74) is 1.12. The Kier molecular flexibility index (Phi) is 4.32. The summed E-state index contributed by atoms with van der Waals surface area (Å²) >= 11 is 0. The molecule has 0 saturated heterocycles. The molecule has 3 rings (SSSR count). The summed E-state index contributed by atoms with van der Waals surface area (Å²) in [5.74, 6) is 1.60. The van der Waals surface area contributed by atoms with Crippen molar-refractivity contribution < 1.29 is 9.53 Å². The van der Waals surface area contributed by atoms with Crippen molar-refractivity contribution in [2.24, 2.45) is 5.92 Å². The zero-order valence-corrected chi connectivity index (χ0v) is 13.2. The SMILES string of the molecule is CC(C)Cn1ccc2c(OCC(=O)Nc3ccn[nH]3)cccc21. The predicted octanol–water partition coefficient (Wildman–Crippen LogP) is 3.04. The van der Waals surface area contributed by atoms with Crippen molar-refractivity contribution in [3.63, 3.8) is 0 Å². The third kappa shape index (κ3) is 3.53. The number of fused-ring (bicyclic) bond motifs is 1. The Labute approximate surface area is 134 Å². The third-order valence-electron chi connectivity index (χ3n) is 3.47. The molecular formula is C17H20N4O2. The van der Waals surface area contributed by atoms with Gasteiger partial charge in [-0.2, -0.15) is 5.10 Å². The first-order valence-corrected chi connectivity index (χ1v) is 7.63. The second-order valence-corrected chi connectivity index (χ2v) is 5.86. The van der Waals surface area contributed by atoms with Gasteiger partial charge in [0.05, 0.1) is 11.7 Å². The van der Waals surface area contributed by atoms with Gasteiger partial charge in [-0.1, -0.05) is 19.9 Å². The van der Waals surface area contributed by atoms with Crippen LogP contribution in [0.25, 0.3) is 10.9 Å². The first kappa shape index (κ1) is 15.1. The van der Waals surface area contributed by atoms with E-state index >= 15 is 0 Å². The minimum absolute atomic E-state index is 0.0481. The summed E-state index contributed by atoms with van der Waals surface area (Å²) in [5, 5.41) is 10.2. The summed E-state index contributed by atoms with van der Waals surface area (Å²) < 4.78 is 7.89. The van der Waals surface area contributed by atoms with Crippen LogP contribution in [-0.2, 0) is 11.3 Å². The van der Waals surface area contributed by atoms with Gasteiger partial charge in [0.2, 0.25) is 0 Å². The van der Waals surface area contributed by atoms with Crippen LogP contribution in [-0.4, -0.2) is 27.3 Å². The summed E-state index contributed by atoms with van der Waals surface area (Å²) in [4.78, 5) is 11.9. The minimum Gasteiger partial charge on any atom is -0.483 e. The lowest BCUT2D eigenvalue weighted by Gasteiger charge is -2.10. The normalized spacial score (nSPS) is 11.1. The van der Waals surface area contributed by atoms with E-state index in [2.05, 4.69) is 46.2 Å². The van der Waals surface area contributed by atoms with E-state index in [4.69, 9.17) is 4.74 Å². The van der Waals surface area contributed by atoms with Crippen LogP contribution in [0.3, 0.4) is 0 Å². The predicted molar refractivity (Wildman–Crippen MR) is 89.5 cm³/mol. The number of hydrogen-bond acceptors (Lipinski definition) is 3. The Hall–Kier alpha value is -2.76. The Bertz CT molecular complexity index is 790. The molecule has 0 aliphatic heterocycles. The number of nitrogens with one attached hydrogen (secondary N) is 2. The van der Waals surface area contributed by atoms with Gasteiger partial charge in [0, 0.05) is 24.2 Å². The number of hydrogen-bond donors (Lipinski definition) is 2. The summed E-state index contributed by atoms with van der Waals surface area (Å²) in [6, 6.07) is 9.60. The Balaban J connectivity index is 1.70. The number of amides is 1. The van der Waals surface area contributed by atoms with Gasteiger partial charge >= 0.3 is 0 Å². The topological polar surface area (TPSA) is 71.9 Å². The molecule has 0 spiro atoms. The first-order chi connectivity index (χ1) is 11.1. The molecule has 0 unspecified atom stereocenters. The molecule has 0 aliphatic carbocycles.